The molecule has 10 heavy (non-hydrogen) atoms. The first-order valence-electron chi connectivity index (χ1n) is 3.59. The summed E-state index contributed by atoms with van der Waals surface area (Å²) >= 11 is 0. The molecule has 0 heterocycles. The molecule has 62 valence electrons. The third-order valence-electron chi connectivity index (χ3n) is 2.51. The lowest BCUT2D eigenvalue weighted by Gasteiger charge is -2.38. The van der Waals surface area contributed by atoms with Crippen LogP contribution in [0, 0.1) is 10.8 Å². The van der Waals surface area contributed by atoms with E-state index in [0.717, 1.165) is 0 Å². The molecule has 0 rings (SSSR count). The molecule has 0 aromatic carbocycles. The Bertz CT molecular complexity index is 98.3. The van der Waals surface area contributed by atoms with Crippen molar-refractivity contribution in [3.63, 3.8) is 0 Å². The fourth-order valence-electron chi connectivity index (χ4n) is 0.524. The van der Waals surface area contributed by atoms with Crippen LogP contribution in [0.4, 0.5) is 0 Å². The first-order chi connectivity index (χ1) is 4.37. The second-order valence-corrected chi connectivity index (χ2v) is 4.13. The molecule has 2 heteroatoms. The van der Waals surface area contributed by atoms with E-state index < -0.39 is 0 Å². The summed E-state index contributed by atoms with van der Waals surface area (Å²) in [4.78, 5) is 0. The maximum Gasteiger partial charge on any atom is 0.0511 e. The second-order valence-electron chi connectivity index (χ2n) is 4.13. The lowest BCUT2D eigenvalue weighted by Crippen LogP contribution is -2.39. The fourth-order valence-corrected chi connectivity index (χ4v) is 0.524. The van der Waals surface area contributed by atoms with E-state index in [0.29, 0.717) is 0 Å². The summed E-state index contributed by atoms with van der Waals surface area (Å²) in [6.07, 6.45) is 0. The quantitative estimate of drug-likeness (QED) is 0.610. The van der Waals surface area contributed by atoms with Crippen molar-refractivity contribution in [3.05, 3.63) is 0 Å². The van der Waals surface area contributed by atoms with Gasteiger partial charge in [0.15, 0.2) is 0 Å². The Labute approximate surface area is 62.9 Å². The predicted molar refractivity (Wildman–Crippen MR) is 41.7 cm³/mol. The van der Waals surface area contributed by atoms with Gasteiger partial charge in [-0.05, 0) is 5.41 Å². The molecular formula is C8H18O2. The summed E-state index contributed by atoms with van der Waals surface area (Å²) < 4.78 is 0. The zero-order valence-electron chi connectivity index (χ0n) is 7.31. The molecule has 0 fully saturated rings. The van der Waals surface area contributed by atoms with E-state index in [9.17, 15) is 0 Å². The van der Waals surface area contributed by atoms with Crippen molar-refractivity contribution < 1.29 is 10.2 Å². The molecule has 2 N–H and O–H groups in total. The van der Waals surface area contributed by atoms with Crippen LogP contribution in [0.1, 0.15) is 27.7 Å². The van der Waals surface area contributed by atoms with E-state index in [2.05, 4.69) is 0 Å². The molecule has 0 aromatic heterocycles. The second kappa shape index (κ2) is 2.89. The largest absolute Gasteiger partial charge is 0.396 e. The molecule has 2 nitrogen and oxygen atoms in total. The number of aliphatic hydroxyl groups is 2. The Morgan fingerprint density at radius 1 is 0.900 bits per heavy atom. The van der Waals surface area contributed by atoms with Gasteiger partial charge in [-0.3, -0.25) is 0 Å². The summed E-state index contributed by atoms with van der Waals surface area (Å²) in [5.74, 6) is 0. The molecule has 0 unspecified atom stereocenters. The number of hydrogen-bond donors (Lipinski definition) is 2. The van der Waals surface area contributed by atoms with Gasteiger partial charge in [-0.15, -0.1) is 0 Å². The van der Waals surface area contributed by atoms with Crippen molar-refractivity contribution in [2.75, 3.05) is 13.2 Å². The molecule has 0 radical (unpaired) electrons. The average molecular weight is 146 g/mol. The van der Waals surface area contributed by atoms with Gasteiger partial charge >= 0.3 is 0 Å². The van der Waals surface area contributed by atoms with Gasteiger partial charge in [0, 0.05) is 5.41 Å². The molecule has 0 aromatic rings. The summed E-state index contributed by atoms with van der Waals surface area (Å²) in [5.41, 5.74) is -0.413. The van der Waals surface area contributed by atoms with Crippen LogP contribution in [-0.4, -0.2) is 23.4 Å². The maximum atomic E-state index is 8.96. The van der Waals surface area contributed by atoms with Gasteiger partial charge in [-0.2, -0.15) is 0 Å². The molecule has 0 aliphatic rings. The fraction of sp³-hybridized carbons (Fsp3) is 1.00. The van der Waals surface area contributed by atoms with Crippen LogP contribution in [0.3, 0.4) is 0 Å². The van der Waals surface area contributed by atoms with Crippen LogP contribution < -0.4 is 0 Å². The zero-order valence-corrected chi connectivity index (χ0v) is 7.31. The highest BCUT2D eigenvalue weighted by Gasteiger charge is 2.35. The summed E-state index contributed by atoms with van der Waals surface area (Å²) in [7, 11) is 0. The maximum absolute atomic E-state index is 8.96. The van der Waals surface area contributed by atoms with Crippen molar-refractivity contribution in [2.24, 2.45) is 10.8 Å². The SMILES string of the molecule is CC(C)(C)C(C)(CO)CO. The van der Waals surface area contributed by atoms with E-state index in [1.807, 2.05) is 27.7 Å². The highest BCUT2D eigenvalue weighted by molar-refractivity contribution is 4.84. The van der Waals surface area contributed by atoms with Gasteiger partial charge in [0.25, 0.3) is 0 Å². The summed E-state index contributed by atoms with van der Waals surface area (Å²) in [6, 6.07) is 0. The normalized spacial score (nSPS) is 13.8. The average Bonchev–Trinajstić information content (AvgIpc) is 1.84. The van der Waals surface area contributed by atoms with Crippen LogP contribution in [0.5, 0.6) is 0 Å². The minimum atomic E-state index is -0.368. The van der Waals surface area contributed by atoms with Gasteiger partial charge in [-0.25, -0.2) is 0 Å². The van der Waals surface area contributed by atoms with Crippen LogP contribution in [-0.2, 0) is 0 Å². The molecule has 0 bridgehead atoms. The van der Waals surface area contributed by atoms with Crippen molar-refractivity contribution in [1.82, 2.24) is 0 Å². The summed E-state index contributed by atoms with van der Waals surface area (Å²) in [5, 5.41) is 17.9. The molecule has 0 aliphatic heterocycles. The Morgan fingerprint density at radius 2 is 1.20 bits per heavy atom. The van der Waals surface area contributed by atoms with Crippen molar-refractivity contribution in [1.29, 1.82) is 0 Å². The van der Waals surface area contributed by atoms with Gasteiger partial charge < -0.3 is 10.2 Å². The first kappa shape index (κ1) is 9.92. The number of aliphatic hydroxyl groups excluding tert-OH is 2. The van der Waals surface area contributed by atoms with Gasteiger partial charge in [0.1, 0.15) is 0 Å². The molecule has 0 spiro atoms. The Hall–Kier alpha value is -0.0800. The molecule has 0 aliphatic carbocycles. The van der Waals surface area contributed by atoms with Crippen LogP contribution in [0.25, 0.3) is 0 Å². The van der Waals surface area contributed by atoms with Crippen molar-refractivity contribution in [3.8, 4) is 0 Å². The molecule has 0 atom stereocenters. The van der Waals surface area contributed by atoms with Crippen LogP contribution in [0.2, 0.25) is 0 Å². The zero-order chi connectivity index (χ0) is 8.41. The molecule has 0 saturated carbocycles. The lowest BCUT2D eigenvalue weighted by atomic mass is 9.69. The predicted octanol–water partition coefficient (Wildman–Crippen LogP) is 1.02. The van der Waals surface area contributed by atoms with Crippen molar-refractivity contribution >= 4 is 0 Å². The number of hydrogen-bond acceptors (Lipinski definition) is 2. The van der Waals surface area contributed by atoms with E-state index in [4.69, 9.17) is 10.2 Å². The first-order valence-corrected chi connectivity index (χ1v) is 3.59. The van der Waals surface area contributed by atoms with E-state index in [-0.39, 0.29) is 24.0 Å². The van der Waals surface area contributed by atoms with Crippen LogP contribution >= 0.6 is 0 Å². The van der Waals surface area contributed by atoms with E-state index in [1.54, 1.807) is 0 Å². The highest BCUT2D eigenvalue weighted by Crippen LogP contribution is 2.36. The van der Waals surface area contributed by atoms with Gasteiger partial charge in [-0.1, -0.05) is 27.7 Å². The lowest BCUT2D eigenvalue weighted by molar-refractivity contribution is -0.0172. The minimum absolute atomic E-state index is 0.0347. The Balaban J connectivity index is 4.33. The smallest absolute Gasteiger partial charge is 0.0511 e. The summed E-state index contributed by atoms with van der Waals surface area (Å²) in [6.45, 7) is 7.99. The van der Waals surface area contributed by atoms with E-state index in [1.165, 1.54) is 0 Å². The monoisotopic (exact) mass is 146 g/mol. The molecular weight excluding hydrogens is 128 g/mol. The Kier molecular flexibility index (Phi) is 2.86. The standard InChI is InChI=1S/C8H18O2/c1-7(2,3)8(4,5-9)6-10/h9-10H,5-6H2,1-4H3. The number of rotatable bonds is 2. The van der Waals surface area contributed by atoms with Gasteiger partial charge in [0.05, 0.1) is 13.2 Å². The third kappa shape index (κ3) is 1.70. The highest BCUT2D eigenvalue weighted by atomic mass is 16.3. The van der Waals surface area contributed by atoms with Crippen molar-refractivity contribution in [2.45, 2.75) is 27.7 Å². The van der Waals surface area contributed by atoms with Gasteiger partial charge in [0.2, 0.25) is 0 Å². The minimum Gasteiger partial charge on any atom is -0.396 e. The topological polar surface area (TPSA) is 40.5 Å². The third-order valence-corrected chi connectivity index (χ3v) is 2.51. The van der Waals surface area contributed by atoms with Crippen LogP contribution in [0.15, 0.2) is 0 Å². The molecule has 0 amide bonds. The van der Waals surface area contributed by atoms with E-state index >= 15 is 0 Å². The Morgan fingerprint density at radius 3 is 1.20 bits per heavy atom. The molecule has 0 saturated heterocycles.